The minimum absolute atomic E-state index is 0.0880. The summed E-state index contributed by atoms with van der Waals surface area (Å²) in [6.45, 7) is 8.39. The van der Waals surface area contributed by atoms with Crippen molar-refractivity contribution in [3.63, 3.8) is 0 Å². The van der Waals surface area contributed by atoms with Crippen molar-refractivity contribution in [2.24, 2.45) is 0 Å². The summed E-state index contributed by atoms with van der Waals surface area (Å²) in [5.74, 6) is 1.15. The van der Waals surface area contributed by atoms with E-state index in [9.17, 15) is 0 Å². The molecule has 0 aliphatic carbocycles. The first-order valence-electron chi connectivity index (χ1n) is 6.19. The first-order valence-corrected chi connectivity index (χ1v) is 6.99. The molecule has 0 aliphatic rings. The molecule has 0 aliphatic heterocycles. The van der Waals surface area contributed by atoms with Crippen molar-refractivity contribution in [3.05, 3.63) is 40.0 Å². The van der Waals surface area contributed by atoms with E-state index in [0.29, 0.717) is 11.6 Å². The second-order valence-electron chi connectivity index (χ2n) is 5.71. The number of rotatable bonds is 1. The zero-order valence-corrected chi connectivity index (χ0v) is 13.2. The molecule has 3 nitrogen and oxygen atoms in total. The number of benzene rings is 1. The van der Waals surface area contributed by atoms with Crippen molar-refractivity contribution in [2.75, 3.05) is 5.73 Å². The van der Waals surface area contributed by atoms with Gasteiger partial charge >= 0.3 is 0 Å². The molecule has 0 amide bonds. The summed E-state index contributed by atoms with van der Waals surface area (Å²) in [7, 11) is 0. The van der Waals surface area contributed by atoms with Crippen molar-refractivity contribution in [1.82, 2.24) is 9.97 Å². The number of halogens is 1. The first kappa shape index (κ1) is 14.0. The van der Waals surface area contributed by atoms with Crippen LogP contribution in [0.4, 0.5) is 5.82 Å². The summed E-state index contributed by atoms with van der Waals surface area (Å²) in [6, 6.07) is 8.14. The van der Waals surface area contributed by atoms with Gasteiger partial charge in [0.05, 0.1) is 10.2 Å². The molecule has 0 spiro atoms. The second kappa shape index (κ2) is 4.93. The van der Waals surface area contributed by atoms with E-state index >= 15 is 0 Å². The Morgan fingerprint density at radius 2 is 1.63 bits per heavy atom. The highest BCUT2D eigenvalue weighted by Crippen LogP contribution is 2.33. The van der Waals surface area contributed by atoms with Gasteiger partial charge in [-0.05, 0) is 22.9 Å². The van der Waals surface area contributed by atoms with E-state index in [4.69, 9.17) is 5.73 Å². The van der Waals surface area contributed by atoms with Crippen LogP contribution in [0.2, 0.25) is 0 Å². The van der Waals surface area contributed by atoms with Crippen molar-refractivity contribution in [2.45, 2.75) is 33.1 Å². The molecule has 0 unspecified atom stereocenters. The maximum Gasteiger partial charge on any atom is 0.161 e. The number of nitrogens with two attached hydrogens (primary N) is 1. The lowest BCUT2D eigenvalue weighted by Crippen LogP contribution is -2.17. The smallest absolute Gasteiger partial charge is 0.161 e. The molecule has 100 valence electrons. The zero-order chi connectivity index (χ0) is 14.2. The van der Waals surface area contributed by atoms with Gasteiger partial charge in [0.2, 0.25) is 0 Å². The third kappa shape index (κ3) is 2.95. The van der Waals surface area contributed by atoms with E-state index in [0.717, 1.165) is 15.7 Å². The largest absolute Gasteiger partial charge is 0.383 e. The third-order valence-corrected chi connectivity index (χ3v) is 3.68. The summed E-state index contributed by atoms with van der Waals surface area (Å²) in [5, 5.41) is 0. The third-order valence-electron chi connectivity index (χ3n) is 2.90. The van der Waals surface area contributed by atoms with Crippen LogP contribution in [0.15, 0.2) is 28.7 Å². The minimum Gasteiger partial charge on any atom is -0.383 e. The van der Waals surface area contributed by atoms with E-state index in [1.807, 2.05) is 24.3 Å². The molecule has 1 heterocycles. The Balaban J connectivity index is 2.60. The maximum atomic E-state index is 5.99. The van der Waals surface area contributed by atoms with Crippen LogP contribution in [0, 0.1) is 6.92 Å². The van der Waals surface area contributed by atoms with Crippen molar-refractivity contribution < 1.29 is 0 Å². The van der Waals surface area contributed by atoms with Crippen LogP contribution in [0.5, 0.6) is 0 Å². The molecule has 0 saturated heterocycles. The molecule has 0 radical (unpaired) electrons. The summed E-state index contributed by atoms with van der Waals surface area (Å²) in [5.41, 5.74) is 9.02. The lowest BCUT2D eigenvalue weighted by molar-refractivity contribution is 0.565. The average Bonchev–Trinajstić information content (AvgIpc) is 2.32. The normalized spacial score (nSPS) is 11.6. The lowest BCUT2D eigenvalue weighted by Gasteiger charge is -2.20. The molecule has 4 heteroatoms. The lowest BCUT2D eigenvalue weighted by atomic mass is 9.91. The number of aryl methyl sites for hydroxylation is 1. The van der Waals surface area contributed by atoms with Crippen molar-refractivity contribution in [1.29, 1.82) is 0 Å². The van der Waals surface area contributed by atoms with E-state index in [1.165, 1.54) is 5.56 Å². The van der Waals surface area contributed by atoms with Gasteiger partial charge < -0.3 is 5.73 Å². The SMILES string of the molecule is Cc1ccc(-c2nc(N)c(Br)c(C(C)(C)C)n2)cc1. The maximum absolute atomic E-state index is 5.99. The number of hydrogen-bond donors (Lipinski definition) is 1. The van der Waals surface area contributed by atoms with E-state index in [2.05, 4.69) is 53.6 Å². The van der Waals surface area contributed by atoms with Crippen molar-refractivity contribution >= 4 is 21.7 Å². The molecule has 1 aromatic carbocycles. The molecule has 1 aromatic heterocycles. The quantitative estimate of drug-likeness (QED) is 0.861. The highest BCUT2D eigenvalue weighted by Gasteiger charge is 2.22. The van der Waals surface area contributed by atoms with Gasteiger partial charge in [0, 0.05) is 11.0 Å². The van der Waals surface area contributed by atoms with Crippen LogP contribution in [0.1, 0.15) is 32.0 Å². The average molecular weight is 320 g/mol. The number of anilines is 1. The van der Waals surface area contributed by atoms with Crippen LogP contribution in [0.25, 0.3) is 11.4 Å². The minimum atomic E-state index is -0.0880. The second-order valence-corrected chi connectivity index (χ2v) is 6.50. The van der Waals surface area contributed by atoms with Gasteiger partial charge in [-0.25, -0.2) is 9.97 Å². The highest BCUT2D eigenvalue weighted by atomic mass is 79.9. The van der Waals surface area contributed by atoms with Gasteiger partial charge in [-0.2, -0.15) is 0 Å². The van der Waals surface area contributed by atoms with Gasteiger partial charge in [0.25, 0.3) is 0 Å². The molecule has 0 bridgehead atoms. The van der Waals surface area contributed by atoms with E-state index < -0.39 is 0 Å². The standard InChI is InChI=1S/C15H18BrN3/c1-9-5-7-10(8-6-9)14-18-12(15(2,3)4)11(16)13(17)19-14/h5-8H,1-4H3,(H2,17,18,19). The molecule has 0 fully saturated rings. The van der Waals surface area contributed by atoms with Crippen LogP contribution in [-0.4, -0.2) is 9.97 Å². The first-order chi connectivity index (χ1) is 8.79. The summed E-state index contributed by atoms with van der Waals surface area (Å²) in [6.07, 6.45) is 0. The van der Waals surface area contributed by atoms with Crippen LogP contribution in [0.3, 0.4) is 0 Å². The number of aromatic nitrogens is 2. The predicted molar refractivity (Wildman–Crippen MR) is 83.0 cm³/mol. The molecule has 2 aromatic rings. The van der Waals surface area contributed by atoms with Gasteiger partial charge in [-0.3, -0.25) is 0 Å². The van der Waals surface area contributed by atoms with Crippen LogP contribution < -0.4 is 5.73 Å². The van der Waals surface area contributed by atoms with Crippen LogP contribution >= 0.6 is 15.9 Å². The molecule has 2 N–H and O–H groups in total. The Labute approximate surface area is 122 Å². The fourth-order valence-electron chi connectivity index (χ4n) is 1.79. The highest BCUT2D eigenvalue weighted by molar-refractivity contribution is 9.10. The van der Waals surface area contributed by atoms with Gasteiger partial charge in [-0.1, -0.05) is 50.6 Å². The van der Waals surface area contributed by atoms with E-state index in [1.54, 1.807) is 0 Å². The van der Waals surface area contributed by atoms with Crippen LogP contribution in [-0.2, 0) is 5.41 Å². The summed E-state index contributed by atoms with van der Waals surface area (Å²) >= 11 is 3.48. The Morgan fingerprint density at radius 1 is 1.05 bits per heavy atom. The van der Waals surface area contributed by atoms with Gasteiger partial charge in [-0.15, -0.1) is 0 Å². The Morgan fingerprint density at radius 3 is 2.16 bits per heavy atom. The number of nitrogens with zero attached hydrogens (tertiary/aromatic N) is 2. The number of hydrogen-bond acceptors (Lipinski definition) is 3. The van der Waals surface area contributed by atoms with E-state index in [-0.39, 0.29) is 5.41 Å². The molecular weight excluding hydrogens is 302 g/mol. The molecule has 0 saturated carbocycles. The molecule has 19 heavy (non-hydrogen) atoms. The Kier molecular flexibility index (Phi) is 3.63. The molecular formula is C15H18BrN3. The van der Waals surface area contributed by atoms with Gasteiger partial charge in [0.1, 0.15) is 5.82 Å². The molecule has 0 atom stereocenters. The number of nitrogen functional groups attached to an aromatic ring is 1. The topological polar surface area (TPSA) is 51.8 Å². The fourth-order valence-corrected chi connectivity index (χ4v) is 2.57. The van der Waals surface area contributed by atoms with Gasteiger partial charge in [0.15, 0.2) is 5.82 Å². The summed E-state index contributed by atoms with van der Waals surface area (Å²) in [4.78, 5) is 9.03. The predicted octanol–water partition coefficient (Wildman–Crippen LogP) is 4.09. The monoisotopic (exact) mass is 319 g/mol. The fraction of sp³-hybridized carbons (Fsp3) is 0.333. The summed E-state index contributed by atoms with van der Waals surface area (Å²) < 4.78 is 0.788. The Hall–Kier alpha value is -1.42. The Bertz CT molecular complexity index is 598. The zero-order valence-electron chi connectivity index (χ0n) is 11.7. The molecule has 2 rings (SSSR count). The van der Waals surface area contributed by atoms with Crippen molar-refractivity contribution in [3.8, 4) is 11.4 Å².